The van der Waals surface area contributed by atoms with Crippen molar-refractivity contribution in [3.63, 3.8) is 0 Å². The van der Waals surface area contributed by atoms with Crippen LogP contribution in [0.2, 0.25) is 0 Å². The Kier molecular flexibility index (Phi) is 6.69. The molecule has 0 amide bonds. The van der Waals surface area contributed by atoms with Crippen LogP contribution in [0, 0.1) is 17.6 Å². The lowest BCUT2D eigenvalue weighted by Gasteiger charge is -2.37. The third-order valence-corrected chi connectivity index (χ3v) is 5.30. The summed E-state index contributed by atoms with van der Waals surface area (Å²) in [5.74, 6) is -1.38. The van der Waals surface area contributed by atoms with E-state index in [1.54, 1.807) is 19.2 Å². The summed E-state index contributed by atoms with van der Waals surface area (Å²) in [5, 5.41) is 9.27. The highest BCUT2D eigenvalue weighted by molar-refractivity contribution is 5.70. The van der Waals surface area contributed by atoms with Crippen molar-refractivity contribution in [2.45, 2.75) is 25.8 Å². The van der Waals surface area contributed by atoms with Crippen LogP contribution in [0.3, 0.4) is 0 Å². The molecule has 0 bridgehead atoms. The van der Waals surface area contributed by atoms with Crippen molar-refractivity contribution in [1.82, 2.24) is 4.90 Å². The van der Waals surface area contributed by atoms with Crippen LogP contribution in [0.15, 0.2) is 36.4 Å². The van der Waals surface area contributed by atoms with E-state index >= 15 is 0 Å². The lowest BCUT2D eigenvalue weighted by molar-refractivity contribution is -0.143. The van der Waals surface area contributed by atoms with E-state index in [-0.39, 0.29) is 0 Å². The third kappa shape index (κ3) is 4.67. The molecule has 2 aromatic carbocycles. The molecular formula is C22H25F2NO4. The summed E-state index contributed by atoms with van der Waals surface area (Å²) in [7, 11) is 1.55. The summed E-state index contributed by atoms with van der Waals surface area (Å²) in [6.45, 7) is 3.29. The van der Waals surface area contributed by atoms with Crippen molar-refractivity contribution in [2.24, 2.45) is 5.92 Å². The summed E-state index contributed by atoms with van der Waals surface area (Å²) in [6.07, 6.45) is 0.951. The van der Waals surface area contributed by atoms with Crippen LogP contribution < -0.4 is 9.47 Å². The van der Waals surface area contributed by atoms with Crippen molar-refractivity contribution >= 4 is 5.97 Å². The largest absolute Gasteiger partial charge is 0.493 e. The van der Waals surface area contributed by atoms with E-state index in [0.717, 1.165) is 11.6 Å². The first-order chi connectivity index (χ1) is 13.9. The van der Waals surface area contributed by atoms with Gasteiger partial charge in [-0.25, -0.2) is 8.78 Å². The second-order valence-electron chi connectivity index (χ2n) is 7.06. The highest BCUT2D eigenvalue weighted by atomic mass is 19.1. The number of hydrogen-bond donors (Lipinski definition) is 1. The van der Waals surface area contributed by atoms with Gasteiger partial charge in [0.1, 0.15) is 11.6 Å². The molecule has 1 aliphatic heterocycles. The van der Waals surface area contributed by atoms with Crippen LogP contribution in [-0.4, -0.2) is 42.8 Å². The molecule has 1 heterocycles. The molecule has 1 saturated heterocycles. The van der Waals surface area contributed by atoms with Crippen molar-refractivity contribution < 1.29 is 28.2 Å². The summed E-state index contributed by atoms with van der Waals surface area (Å²) in [6, 6.07) is 8.47. The molecule has 0 radical (unpaired) electrons. The standard InChI is InChI=1S/C22H25F2NO4/c1-3-29-20-12-15(4-7-19(20)28-2)21(17-6-5-16(23)13-18(17)24)25-10-8-14(9-11-25)22(26)27/h4-7,12-14,21H,3,8-11H2,1-2H3,(H,26,27). The van der Waals surface area contributed by atoms with Crippen LogP contribution in [-0.2, 0) is 4.79 Å². The van der Waals surface area contributed by atoms with E-state index < -0.39 is 29.6 Å². The smallest absolute Gasteiger partial charge is 0.306 e. The van der Waals surface area contributed by atoms with E-state index in [0.29, 0.717) is 49.6 Å². The highest BCUT2D eigenvalue weighted by Crippen LogP contribution is 2.38. The number of piperidine rings is 1. The Morgan fingerprint density at radius 1 is 1.17 bits per heavy atom. The van der Waals surface area contributed by atoms with Crippen LogP contribution in [0.1, 0.15) is 36.9 Å². The number of halogens is 2. The molecule has 1 unspecified atom stereocenters. The number of ether oxygens (including phenoxy) is 2. The molecular weight excluding hydrogens is 380 g/mol. The van der Waals surface area contributed by atoms with Crippen molar-refractivity contribution in [2.75, 3.05) is 26.8 Å². The van der Waals surface area contributed by atoms with Crippen molar-refractivity contribution in [1.29, 1.82) is 0 Å². The Bertz CT molecular complexity index is 866. The number of carboxylic acid groups (broad SMARTS) is 1. The number of benzene rings is 2. The fourth-order valence-corrected chi connectivity index (χ4v) is 3.85. The zero-order valence-corrected chi connectivity index (χ0v) is 16.5. The first-order valence-corrected chi connectivity index (χ1v) is 9.67. The molecule has 2 aromatic rings. The summed E-state index contributed by atoms with van der Waals surface area (Å²) < 4.78 is 39.2. The fourth-order valence-electron chi connectivity index (χ4n) is 3.85. The lowest BCUT2D eigenvalue weighted by atomic mass is 9.91. The molecule has 29 heavy (non-hydrogen) atoms. The molecule has 1 fully saturated rings. The van der Waals surface area contributed by atoms with Gasteiger partial charge in [0, 0.05) is 11.6 Å². The van der Waals surface area contributed by atoms with E-state index in [4.69, 9.17) is 9.47 Å². The van der Waals surface area contributed by atoms with Gasteiger partial charge in [0.25, 0.3) is 0 Å². The molecule has 1 aliphatic rings. The number of hydrogen-bond acceptors (Lipinski definition) is 4. The third-order valence-electron chi connectivity index (χ3n) is 5.30. The molecule has 3 rings (SSSR count). The lowest BCUT2D eigenvalue weighted by Crippen LogP contribution is -2.39. The predicted molar refractivity (Wildman–Crippen MR) is 104 cm³/mol. The number of methoxy groups -OCH3 is 1. The van der Waals surface area contributed by atoms with Gasteiger partial charge in [-0.3, -0.25) is 9.69 Å². The van der Waals surface area contributed by atoms with E-state index in [9.17, 15) is 18.7 Å². The first kappa shape index (κ1) is 21.0. The van der Waals surface area contributed by atoms with E-state index in [1.807, 2.05) is 17.9 Å². The normalized spacial score (nSPS) is 16.4. The van der Waals surface area contributed by atoms with Gasteiger partial charge >= 0.3 is 5.97 Å². The molecule has 1 N–H and O–H groups in total. The molecule has 0 aliphatic carbocycles. The van der Waals surface area contributed by atoms with Gasteiger partial charge in [0.05, 0.1) is 25.7 Å². The Hall–Kier alpha value is -2.67. The zero-order chi connectivity index (χ0) is 21.0. The Morgan fingerprint density at radius 2 is 1.90 bits per heavy atom. The Morgan fingerprint density at radius 3 is 2.48 bits per heavy atom. The molecule has 156 valence electrons. The van der Waals surface area contributed by atoms with E-state index in [1.165, 1.54) is 12.1 Å². The van der Waals surface area contributed by atoms with Gasteiger partial charge in [-0.2, -0.15) is 0 Å². The number of rotatable bonds is 7. The fraction of sp³-hybridized carbons (Fsp3) is 0.409. The van der Waals surface area contributed by atoms with Gasteiger partial charge in [-0.05, 0) is 56.6 Å². The van der Waals surface area contributed by atoms with Crippen LogP contribution in [0.4, 0.5) is 8.78 Å². The minimum atomic E-state index is -0.808. The SMILES string of the molecule is CCOc1cc(C(c2ccc(F)cc2F)N2CCC(C(=O)O)CC2)ccc1OC. The van der Waals surface area contributed by atoms with Crippen molar-refractivity contribution in [3.8, 4) is 11.5 Å². The molecule has 1 atom stereocenters. The average Bonchev–Trinajstić information content (AvgIpc) is 2.71. The quantitative estimate of drug-likeness (QED) is 0.746. The van der Waals surface area contributed by atoms with Crippen LogP contribution in [0.5, 0.6) is 11.5 Å². The summed E-state index contributed by atoms with van der Waals surface area (Å²) in [4.78, 5) is 13.3. The predicted octanol–water partition coefficient (Wildman–Crippen LogP) is 4.26. The Labute approximate surface area is 168 Å². The van der Waals surface area contributed by atoms with Gasteiger partial charge in [0.2, 0.25) is 0 Å². The topological polar surface area (TPSA) is 59.0 Å². The van der Waals surface area contributed by atoms with Crippen molar-refractivity contribution in [3.05, 3.63) is 59.2 Å². The minimum absolute atomic E-state index is 0.341. The highest BCUT2D eigenvalue weighted by Gasteiger charge is 2.32. The monoisotopic (exact) mass is 405 g/mol. The maximum atomic E-state index is 14.7. The van der Waals surface area contributed by atoms with Gasteiger partial charge in [-0.15, -0.1) is 0 Å². The van der Waals surface area contributed by atoms with Gasteiger partial charge in [-0.1, -0.05) is 12.1 Å². The number of nitrogens with zero attached hydrogens (tertiary/aromatic N) is 1. The molecule has 0 spiro atoms. The number of carbonyl (C=O) groups is 1. The second-order valence-corrected chi connectivity index (χ2v) is 7.06. The number of likely N-dealkylation sites (tertiary alicyclic amines) is 1. The van der Waals surface area contributed by atoms with Gasteiger partial charge < -0.3 is 14.6 Å². The average molecular weight is 405 g/mol. The summed E-state index contributed by atoms with van der Waals surface area (Å²) >= 11 is 0. The maximum Gasteiger partial charge on any atom is 0.306 e. The first-order valence-electron chi connectivity index (χ1n) is 9.67. The second kappa shape index (κ2) is 9.22. The molecule has 7 heteroatoms. The van der Waals surface area contributed by atoms with Crippen LogP contribution in [0.25, 0.3) is 0 Å². The Balaban J connectivity index is 2.02. The maximum absolute atomic E-state index is 14.7. The zero-order valence-electron chi connectivity index (χ0n) is 16.5. The van der Waals surface area contributed by atoms with Crippen LogP contribution >= 0.6 is 0 Å². The molecule has 0 saturated carbocycles. The van der Waals surface area contributed by atoms with E-state index in [2.05, 4.69) is 0 Å². The molecule has 0 aromatic heterocycles. The number of carboxylic acids is 1. The number of aliphatic carboxylic acids is 1. The summed E-state index contributed by atoms with van der Waals surface area (Å²) in [5.41, 5.74) is 1.11. The minimum Gasteiger partial charge on any atom is -0.493 e. The molecule has 5 nitrogen and oxygen atoms in total. The van der Waals surface area contributed by atoms with Gasteiger partial charge in [0.15, 0.2) is 11.5 Å².